The highest BCUT2D eigenvalue weighted by molar-refractivity contribution is 7.98. The van der Waals surface area contributed by atoms with E-state index in [9.17, 15) is 17.6 Å². The molecule has 1 N–H and O–H groups in total. The SMILES string of the molecule is CCc1ccc(N(CC(=O)NCCSCc2ccccc2F)S(C)(=O)=O)cc1. The van der Waals surface area contributed by atoms with Crippen LogP contribution in [0.3, 0.4) is 0 Å². The number of nitrogens with zero attached hydrogens (tertiary/aromatic N) is 1. The molecule has 0 aliphatic heterocycles. The van der Waals surface area contributed by atoms with Crippen molar-refractivity contribution in [3.8, 4) is 0 Å². The number of halogens is 1. The van der Waals surface area contributed by atoms with Crippen LogP contribution >= 0.6 is 11.8 Å². The van der Waals surface area contributed by atoms with Gasteiger partial charge in [0.05, 0.1) is 11.9 Å². The first-order valence-corrected chi connectivity index (χ1v) is 12.0. The van der Waals surface area contributed by atoms with Gasteiger partial charge in [-0.2, -0.15) is 11.8 Å². The first-order valence-electron chi connectivity index (χ1n) is 8.95. The normalized spacial score (nSPS) is 11.2. The fraction of sp³-hybridized carbons (Fsp3) is 0.350. The van der Waals surface area contributed by atoms with Crippen LogP contribution in [0.5, 0.6) is 0 Å². The Morgan fingerprint density at radius 1 is 1.14 bits per heavy atom. The molecule has 0 saturated carbocycles. The molecule has 1 amide bonds. The van der Waals surface area contributed by atoms with Crippen molar-refractivity contribution in [1.29, 1.82) is 0 Å². The zero-order chi connectivity index (χ0) is 20.6. The molecule has 0 radical (unpaired) electrons. The second-order valence-corrected chi connectivity index (χ2v) is 9.30. The number of benzene rings is 2. The molecule has 8 heteroatoms. The number of carbonyl (C=O) groups excluding carboxylic acids is 1. The molecule has 0 aliphatic carbocycles. The molecule has 0 saturated heterocycles. The minimum atomic E-state index is -3.58. The van der Waals surface area contributed by atoms with Crippen LogP contribution in [-0.4, -0.2) is 39.4 Å². The number of hydrogen-bond donors (Lipinski definition) is 1. The molecule has 0 spiro atoms. The number of aryl methyl sites for hydroxylation is 1. The number of carbonyl (C=O) groups is 1. The van der Waals surface area contributed by atoms with E-state index in [0.29, 0.717) is 29.3 Å². The molecule has 0 bridgehead atoms. The summed E-state index contributed by atoms with van der Waals surface area (Å²) in [5, 5.41) is 2.72. The summed E-state index contributed by atoms with van der Waals surface area (Å²) in [6.45, 7) is 2.12. The zero-order valence-electron chi connectivity index (χ0n) is 16.0. The van der Waals surface area contributed by atoms with Gasteiger partial charge in [0.25, 0.3) is 0 Å². The molecule has 5 nitrogen and oxygen atoms in total. The molecule has 2 rings (SSSR count). The highest BCUT2D eigenvalue weighted by Gasteiger charge is 2.20. The van der Waals surface area contributed by atoms with Gasteiger partial charge in [-0.1, -0.05) is 37.3 Å². The predicted octanol–water partition coefficient (Wildman–Crippen LogP) is 3.20. The largest absolute Gasteiger partial charge is 0.354 e. The Hall–Kier alpha value is -2.06. The third-order valence-electron chi connectivity index (χ3n) is 4.10. The third kappa shape index (κ3) is 6.83. The Bertz CT molecular complexity index is 887. The van der Waals surface area contributed by atoms with Crippen LogP contribution in [0.15, 0.2) is 48.5 Å². The highest BCUT2D eigenvalue weighted by Crippen LogP contribution is 2.18. The van der Waals surface area contributed by atoms with Crippen LogP contribution in [0.25, 0.3) is 0 Å². The lowest BCUT2D eigenvalue weighted by molar-refractivity contribution is -0.119. The Kier molecular flexibility index (Phi) is 8.32. The van der Waals surface area contributed by atoms with Gasteiger partial charge in [0.1, 0.15) is 12.4 Å². The molecule has 0 aliphatic rings. The lowest BCUT2D eigenvalue weighted by Gasteiger charge is -2.22. The molecule has 0 heterocycles. The third-order valence-corrected chi connectivity index (χ3v) is 6.25. The van der Waals surface area contributed by atoms with E-state index in [1.54, 1.807) is 30.3 Å². The van der Waals surface area contributed by atoms with Gasteiger partial charge in [-0.15, -0.1) is 0 Å². The fourth-order valence-corrected chi connectivity index (χ4v) is 4.25. The van der Waals surface area contributed by atoms with E-state index < -0.39 is 10.0 Å². The second-order valence-electron chi connectivity index (χ2n) is 6.28. The van der Waals surface area contributed by atoms with E-state index in [-0.39, 0.29) is 18.3 Å². The van der Waals surface area contributed by atoms with Crippen molar-refractivity contribution < 1.29 is 17.6 Å². The van der Waals surface area contributed by atoms with Gasteiger partial charge in [0, 0.05) is 18.1 Å². The minimum Gasteiger partial charge on any atom is -0.354 e. The van der Waals surface area contributed by atoms with Crippen molar-refractivity contribution >= 4 is 33.4 Å². The number of nitrogens with one attached hydrogen (secondary N) is 1. The standard InChI is InChI=1S/C20H25FN2O3S2/c1-3-16-8-10-18(11-9-16)23(28(2,25)26)14-20(24)22-12-13-27-15-17-6-4-5-7-19(17)21/h4-11H,3,12-15H2,1-2H3,(H,22,24). The minimum absolute atomic E-state index is 0.239. The van der Waals surface area contributed by atoms with Crippen molar-refractivity contribution in [2.24, 2.45) is 0 Å². The van der Waals surface area contributed by atoms with Crippen molar-refractivity contribution in [2.75, 3.05) is 29.4 Å². The molecule has 0 fully saturated rings. The zero-order valence-corrected chi connectivity index (χ0v) is 17.7. The summed E-state index contributed by atoms with van der Waals surface area (Å²) in [5.74, 6) is 0.500. The molecule has 2 aromatic carbocycles. The smallest absolute Gasteiger partial charge is 0.240 e. The van der Waals surface area contributed by atoms with Crippen LogP contribution in [0.4, 0.5) is 10.1 Å². The van der Waals surface area contributed by atoms with Gasteiger partial charge >= 0.3 is 0 Å². The molecule has 0 aromatic heterocycles. The van der Waals surface area contributed by atoms with Crippen molar-refractivity contribution in [3.05, 3.63) is 65.5 Å². The average Bonchev–Trinajstić information content (AvgIpc) is 2.66. The van der Waals surface area contributed by atoms with E-state index in [1.807, 2.05) is 19.1 Å². The number of rotatable bonds is 10. The molecule has 0 unspecified atom stereocenters. The average molecular weight is 425 g/mol. The van der Waals surface area contributed by atoms with Crippen LogP contribution in [0, 0.1) is 5.82 Å². The first kappa shape index (κ1) is 22.2. The quantitative estimate of drug-likeness (QED) is 0.595. The lowest BCUT2D eigenvalue weighted by Crippen LogP contribution is -2.41. The molecule has 28 heavy (non-hydrogen) atoms. The first-order chi connectivity index (χ1) is 13.3. The number of anilines is 1. The Morgan fingerprint density at radius 2 is 1.82 bits per heavy atom. The fourth-order valence-electron chi connectivity index (χ4n) is 2.54. The van der Waals surface area contributed by atoms with Gasteiger partial charge in [-0.3, -0.25) is 9.10 Å². The van der Waals surface area contributed by atoms with Gasteiger partial charge in [-0.05, 0) is 35.7 Å². The van der Waals surface area contributed by atoms with E-state index in [1.165, 1.54) is 17.8 Å². The number of sulfonamides is 1. The van der Waals surface area contributed by atoms with Crippen LogP contribution in [0.1, 0.15) is 18.1 Å². The topological polar surface area (TPSA) is 66.5 Å². The summed E-state index contributed by atoms with van der Waals surface area (Å²) in [4.78, 5) is 12.2. The van der Waals surface area contributed by atoms with E-state index in [2.05, 4.69) is 5.32 Å². The summed E-state index contributed by atoms with van der Waals surface area (Å²) >= 11 is 1.50. The number of hydrogen-bond acceptors (Lipinski definition) is 4. The Morgan fingerprint density at radius 3 is 2.43 bits per heavy atom. The summed E-state index contributed by atoms with van der Waals surface area (Å²) < 4.78 is 38.8. The van der Waals surface area contributed by atoms with Crippen LogP contribution < -0.4 is 9.62 Å². The summed E-state index contributed by atoms with van der Waals surface area (Å²) in [5.41, 5.74) is 2.18. The maximum Gasteiger partial charge on any atom is 0.240 e. The Labute approximate surface area is 170 Å². The Balaban J connectivity index is 1.84. The van der Waals surface area contributed by atoms with E-state index in [4.69, 9.17) is 0 Å². The van der Waals surface area contributed by atoms with E-state index in [0.717, 1.165) is 22.5 Å². The van der Waals surface area contributed by atoms with Crippen LogP contribution in [-0.2, 0) is 27.0 Å². The molecular weight excluding hydrogens is 399 g/mol. The van der Waals surface area contributed by atoms with Crippen molar-refractivity contribution in [1.82, 2.24) is 5.32 Å². The van der Waals surface area contributed by atoms with Gasteiger partial charge in [0.2, 0.25) is 15.9 Å². The van der Waals surface area contributed by atoms with Crippen molar-refractivity contribution in [3.63, 3.8) is 0 Å². The van der Waals surface area contributed by atoms with Gasteiger partial charge in [-0.25, -0.2) is 12.8 Å². The predicted molar refractivity (Wildman–Crippen MR) is 114 cm³/mol. The van der Waals surface area contributed by atoms with Gasteiger partial charge < -0.3 is 5.32 Å². The molecule has 152 valence electrons. The van der Waals surface area contributed by atoms with Crippen molar-refractivity contribution in [2.45, 2.75) is 19.1 Å². The van der Waals surface area contributed by atoms with Crippen LogP contribution in [0.2, 0.25) is 0 Å². The summed E-state index contributed by atoms with van der Waals surface area (Å²) in [7, 11) is -3.58. The summed E-state index contributed by atoms with van der Waals surface area (Å²) in [6, 6.07) is 13.7. The van der Waals surface area contributed by atoms with Gasteiger partial charge in [0.15, 0.2) is 0 Å². The highest BCUT2D eigenvalue weighted by atomic mass is 32.2. The number of amides is 1. The molecule has 2 aromatic rings. The number of thioether (sulfide) groups is 1. The summed E-state index contributed by atoms with van der Waals surface area (Å²) in [6.07, 6.45) is 1.93. The maximum absolute atomic E-state index is 13.5. The molecular formula is C20H25FN2O3S2. The maximum atomic E-state index is 13.5. The van der Waals surface area contributed by atoms with E-state index >= 15 is 0 Å². The second kappa shape index (κ2) is 10.5. The lowest BCUT2D eigenvalue weighted by atomic mass is 10.1. The monoisotopic (exact) mass is 424 g/mol. The molecule has 0 atom stereocenters.